The second-order valence-electron chi connectivity index (χ2n) is 5.79. The van der Waals surface area contributed by atoms with Gasteiger partial charge >= 0.3 is 5.97 Å². The molecule has 0 radical (unpaired) electrons. The van der Waals surface area contributed by atoms with E-state index < -0.39 is 11.8 Å². The monoisotopic (exact) mass is 356 g/mol. The number of halogens is 1. The molecular formula is C18H13FN2O3S. The Morgan fingerprint density at radius 3 is 2.80 bits per heavy atom. The van der Waals surface area contributed by atoms with Gasteiger partial charge in [-0.15, -0.1) is 0 Å². The number of para-hydroxylation sites is 1. The minimum absolute atomic E-state index is 0.0495. The van der Waals surface area contributed by atoms with E-state index in [0.717, 1.165) is 5.56 Å². The zero-order valence-corrected chi connectivity index (χ0v) is 13.7. The van der Waals surface area contributed by atoms with E-state index in [9.17, 15) is 19.1 Å². The predicted molar refractivity (Wildman–Crippen MR) is 92.1 cm³/mol. The summed E-state index contributed by atoms with van der Waals surface area (Å²) < 4.78 is 15.9. The predicted octanol–water partition coefficient (Wildman–Crippen LogP) is 3.85. The van der Waals surface area contributed by atoms with Crippen molar-refractivity contribution in [2.75, 3.05) is 5.32 Å². The van der Waals surface area contributed by atoms with Gasteiger partial charge in [-0.05, 0) is 34.5 Å². The summed E-state index contributed by atoms with van der Waals surface area (Å²) in [4.78, 5) is 23.8. The van der Waals surface area contributed by atoms with E-state index in [1.807, 2.05) is 16.8 Å². The Bertz CT molecular complexity index is 978. The molecule has 1 amide bonds. The zero-order chi connectivity index (χ0) is 17.6. The fourth-order valence-electron chi connectivity index (χ4n) is 3.23. The molecule has 1 aliphatic rings. The average molecular weight is 356 g/mol. The van der Waals surface area contributed by atoms with Crippen molar-refractivity contribution in [1.82, 2.24) is 4.57 Å². The summed E-state index contributed by atoms with van der Waals surface area (Å²) in [5, 5.41) is 16.0. The number of thiophene rings is 1. The first kappa shape index (κ1) is 15.6. The van der Waals surface area contributed by atoms with Crippen LogP contribution in [0.1, 0.15) is 34.0 Å². The minimum atomic E-state index is -1.17. The van der Waals surface area contributed by atoms with Crippen molar-refractivity contribution in [3.8, 4) is 5.69 Å². The maximum absolute atomic E-state index is 14.3. The van der Waals surface area contributed by atoms with Gasteiger partial charge in [-0.2, -0.15) is 11.3 Å². The maximum Gasteiger partial charge on any atom is 0.339 e. The Morgan fingerprint density at radius 2 is 2.12 bits per heavy atom. The third kappa shape index (κ3) is 2.53. The Labute approximate surface area is 146 Å². The highest BCUT2D eigenvalue weighted by molar-refractivity contribution is 7.08. The molecule has 1 atom stereocenters. The Kier molecular flexibility index (Phi) is 3.65. The lowest BCUT2D eigenvalue weighted by Gasteiger charge is -2.25. The van der Waals surface area contributed by atoms with Crippen molar-refractivity contribution in [2.24, 2.45) is 0 Å². The van der Waals surface area contributed by atoms with E-state index in [-0.39, 0.29) is 35.2 Å². The lowest BCUT2D eigenvalue weighted by Crippen LogP contribution is -2.25. The highest BCUT2D eigenvalue weighted by atomic mass is 32.1. The number of carboxylic acids is 1. The molecule has 0 spiro atoms. The fourth-order valence-corrected chi connectivity index (χ4v) is 3.94. The summed E-state index contributed by atoms with van der Waals surface area (Å²) in [6.07, 6.45) is 1.55. The number of anilines is 1. The maximum atomic E-state index is 14.3. The van der Waals surface area contributed by atoms with Crippen LogP contribution in [0, 0.1) is 5.82 Å². The van der Waals surface area contributed by atoms with Crippen molar-refractivity contribution >= 4 is 28.9 Å². The standard InChI is InChI=1S/C18H13FN2O3S/c19-13-3-1-2-4-14(13)21-8-12(18(23)24)16-17(21)11(7-15(22)20-16)10-5-6-25-9-10/h1-6,8-9,11H,7H2,(H,20,22)(H,23,24)/t11-/m0/s1. The van der Waals surface area contributed by atoms with Crippen LogP contribution >= 0.6 is 11.3 Å². The molecule has 0 unspecified atom stereocenters. The van der Waals surface area contributed by atoms with Crippen LogP contribution in [0.15, 0.2) is 47.3 Å². The number of carbonyl (C=O) groups is 2. The number of amides is 1. The van der Waals surface area contributed by atoms with Gasteiger partial charge in [0, 0.05) is 18.5 Å². The summed E-state index contributed by atoms with van der Waals surface area (Å²) in [6, 6.07) is 8.07. The van der Waals surface area contributed by atoms with Gasteiger partial charge in [0.1, 0.15) is 11.4 Å². The van der Waals surface area contributed by atoms with Crippen molar-refractivity contribution in [3.63, 3.8) is 0 Å². The van der Waals surface area contributed by atoms with Crippen LogP contribution in [-0.4, -0.2) is 21.6 Å². The normalized spacial score (nSPS) is 16.4. The van der Waals surface area contributed by atoms with Crippen LogP contribution in [0.4, 0.5) is 10.1 Å². The highest BCUT2D eigenvalue weighted by Crippen LogP contribution is 2.42. The van der Waals surface area contributed by atoms with Crippen LogP contribution in [-0.2, 0) is 4.79 Å². The molecule has 0 saturated carbocycles. The van der Waals surface area contributed by atoms with Gasteiger partial charge in [-0.3, -0.25) is 4.79 Å². The number of carbonyl (C=O) groups excluding carboxylic acids is 1. The van der Waals surface area contributed by atoms with Gasteiger partial charge in [0.25, 0.3) is 0 Å². The zero-order valence-electron chi connectivity index (χ0n) is 12.9. The molecule has 126 valence electrons. The third-order valence-corrected chi connectivity index (χ3v) is 5.02. The Hall–Kier alpha value is -2.93. The first-order chi connectivity index (χ1) is 12.1. The van der Waals surface area contributed by atoms with Crippen molar-refractivity contribution < 1.29 is 19.1 Å². The van der Waals surface area contributed by atoms with Gasteiger partial charge in [0.2, 0.25) is 5.91 Å². The van der Waals surface area contributed by atoms with Crippen molar-refractivity contribution in [1.29, 1.82) is 0 Å². The first-order valence-corrected chi connectivity index (χ1v) is 8.56. The molecule has 0 aliphatic carbocycles. The molecule has 1 aliphatic heterocycles. The number of aromatic carboxylic acids is 1. The Balaban J connectivity index is 2.01. The number of benzene rings is 1. The lowest BCUT2D eigenvalue weighted by molar-refractivity contribution is -0.116. The topological polar surface area (TPSA) is 71.3 Å². The number of rotatable bonds is 3. The van der Waals surface area contributed by atoms with E-state index in [4.69, 9.17) is 0 Å². The van der Waals surface area contributed by atoms with Crippen LogP contribution in [0.25, 0.3) is 5.69 Å². The van der Waals surface area contributed by atoms with Crippen molar-refractivity contribution in [3.05, 3.63) is 69.9 Å². The molecule has 2 aromatic heterocycles. The number of hydrogen-bond acceptors (Lipinski definition) is 3. The second kappa shape index (κ2) is 5.86. The number of aromatic nitrogens is 1. The highest BCUT2D eigenvalue weighted by Gasteiger charge is 2.34. The molecule has 3 heterocycles. The van der Waals surface area contributed by atoms with Gasteiger partial charge in [-0.1, -0.05) is 12.1 Å². The molecule has 0 bridgehead atoms. The van der Waals surface area contributed by atoms with E-state index in [1.165, 1.54) is 28.2 Å². The summed E-state index contributed by atoms with van der Waals surface area (Å²) in [5.74, 6) is -2.21. The molecule has 0 fully saturated rings. The summed E-state index contributed by atoms with van der Waals surface area (Å²) in [7, 11) is 0. The number of nitrogens with zero attached hydrogens (tertiary/aromatic N) is 1. The summed E-state index contributed by atoms with van der Waals surface area (Å²) in [6.45, 7) is 0. The summed E-state index contributed by atoms with van der Waals surface area (Å²) >= 11 is 1.50. The molecule has 25 heavy (non-hydrogen) atoms. The van der Waals surface area contributed by atoms with E-state index in [2.05, 4.69) is 5.32 Å². The quantitative estimate of drug-likeness (QED) is 0.749. The number of hydrogen-bond donors (Lipinski definition) is 2. The largest absolute Gasteiger partial charge is 0.478 e. The van der Waals surface area contributed by atoms with Crippen LogP contribution in [0.3, 0.4) is 0 Å². The van der Waals surface area contributed by atoms with Gasteiger partial charge in [-0.25, -0.2) is 9.18 Å². The smallest absolute Gasteiger partial charge is 0.339 e. The molecule has 7 heteroatoms. The van der Waals surface area contributed by atoms with Gasteiger partial charge in [0.15, 0.2) is 0 Å². The number of carboxylic acid groups (broad SMARTS) is 1. The number of nitrogens with one attached hydrogen (secondary N) is 1. The fraction of sp³-hybridized carbons (Fsp3) is 0.111. The first-order valence-electron chi connectivity index (χ1n) is 7.61. The summed E-state index contributed by atoms with van der Waals surface area (Å²) in [5.41, 5.74) is 1.94. The number of fused-ring (bicyclic) bond motifs is 1. The van der Waals surface area contributed by atoms with Crippen molar-refractivity contribution in [2.45, 2.75) is 12.3 Å². The van der Waals surface area contributed by atoms with Crippen LogP contribution in [0.2, 0.25) is 0 Å². The molecule has 4 rings (SSSR count). The Morgan fingerprint density at radius 1 is 1.32 bits per heavy atom. The van der Waals surface area contributed by atoms with Gasteiger partial charge in [0.05, 0.1) is 17.1 Å². The lowest BCUT2D eigenvalue weighted by atomic mass is 9.90. The average Bonchev–Trinajstić information content (AvgIpc) is 3.22. The van der Waals surface area contributed by atoms with E-state index >= 15 is 0 Å². The molecule has 3 aromatic rings. The molecule has 1 aromatic carbocycles. The molecule has 0 saturated heterocycles. The van der Waals surface area contributed by atoms with Gasteiger partial charge < -0.3 is 15.0 Å². The van der Waals surface area contributed by atoms with Crippen LogP contribution in [0.5, 0.6) is 0 Å². The SMILES string of the molecule is O=C1C[C@@H](c2ccsc2)c2c(c(C(=O)O)cn2-c2ccccc2F)N1. The van der Waals surface area contributed by atoms with E-state index in [0.29, 0.717) is 5.69 Å². The molecule has 5 nitrogen and oxygen atoms in total. The molecule has 2 N–H and O–H groups in total. The van der Waals surface area contributed by atoms with Crippen LogP contribution < -0.4 is 5.32 Å². The third-order valence-electron chi connectivity index (χ3n) is 4.32. The minimum Gasteiger partial charge on any atom is -0.478 e. The van der Waals surface area contributed by atoms with E-state index in [1.54, 1.807) is 18.2 Å². The second-order valence-corrected chi connectivity index (χ2v) is 6.57. The molecular weight excluding hydrogens is 343 g/mol.